The maximum atomic E-state index is 12.7. The van der Waals surface area contributed by atoms with Gasteiger partial charge in [0.05, 0.1) is 25.3 Å². The molecule has 0 radical (unpaired) electrons. The number of ether oxygens (including phenoxy) is 4. The first-order valence-electron chi connectivity index (χ1n) is 10.0. The minimum absolute atomic E-state index is 0.0934. The lowest BCUT2D eigenvalue weighted by Crippen LogP contribution is -2.45. The topological polar surface area (TPSA) is 95.1 Å². The number of halogens is 2. The highest BCUT2D eigenvalue weighted by atomic mass is 35.5. The molecule has 8 nitrogen and oxygen atoms in total. The van der Waals surface area contributed by atoms with E-state index in [4.69, 9.17) is 42.1 Å². The van der Waals surface area contributed by atoms with Gasteiger partial charge in [-0.3, -0.25) is 0 Å². The van der Waals surface area contributed by atoms with Gasteiger partial charge in [-0.1, -0.05) is 35.3 Å². The van der Waals surface area contributed by atoms with Gasteiger partial charge in [-0.2, -0.15) is 0 Å². The Morgan fingerprint density at radius 2 is 1.85 bits per heavy atom. The van der Waals surface area contributed by atoms with E-state index in [9.17, 15) is 9.59 Å². The number of amides is 2. The molecule has 1 unspecified atom stereocenters. The first-order chi connectivity index (χ1) is 15.8. The van der Waals surface area contributed by atoms with Crippen LogP contribution < -0.4 is 20.1 Å². The molecule has 0 fully saturated rings. The van der Waals surface area contributed by atoms with Crippen molar-refractivity contribution in [2.75, 3.05) is 27.4 Å². The van der Waals surface area contributed by atoms with Crippen molar-refractivity contribution >= 4 is 35.2 Å². The Bertz CT molecular complexity index is 1070. The summed E-state index contributed by atoms with van der Waals surface area (Å²) in [4.78, 5) is 24.8. The zero-order chi connectivity index (χ0) is 24.0. The van der Waals surface area contributed by atoms with Crippen LogP contribution in [0.15, 0.2) is 47.7 Å². The fourth-order valence-electron chi connectivity index (χ4n) is 3.29. The second-order valence-corrected chi connectivity index (χ2v) is 7.98. The lowest BCUT2D eigenvalue weighted by atomic mass is 9.95. The highest BCUT2D eigenvalue weighted by Gasteiger charge is 2.32. The third-order valence-corrected chi connectivity index (χ3v) is 5.52. The molecule has 2 aromatic rings. The second kappa shape index (κ2) is 11.3. The normalized spacial score (nSPS) is 15.5. The Kier molecular flexibility index (Phi) is 8.43. The highest BCUT2D eigenvalue weighted by Crippen LogP contribution is 2.35. The van der Waals surface area contributed by atoms with Gasteiger partial charge in [-0.15, -0.1) is 0 Å². The molecule has 0 aromatic heterocycles. The standard InChI is InChI=1S/C23H24Cl2N2O6/c1-13-20(22(28)32-9-8-30-2)21(27-23(29)26-13)14-5-7-18(19(10-14)31-3)33-12-15-4-6-16(24)11-17(15)25/h4-7,10-11,21H,8-9,12H2,1-3H3,(H2,26,27,29). The predicted octanol–water partition coefficient (Wildman–Crippen LogP) is 4.40. The first-order valence-corrected chi connectivity index (χ1v) is 10.8. The Labute approximate surface area is 201 Å². The van der Waals surface area contributed by atoms with E-state index in [0.29, 0.717) is 32.8 Å². The van der Waals surface area contributed by atoms with Crippen LogP contribution >= 0.6 is 23.2 Å². The van der Waals surface area contributed by atoms with E-state index in [1.165, 1.54) is 14.2 Å². The molecular formula is C23H24Cl2N2O6. The van der Waals surface area contributed by atoms with Crippen molar-refractivity contribution in [3.05, 3.63) is 68.8 Å². The molecule has 10 heteroatoms. The van der Waals surface area contributed by atoms with Gasteiger partial charge >= 0.3 is 12.0 Å². The van der Waals surface area contributed by atoms with Gasteiger partial charge in [0.15, 0.2) is 11.5 Å². The van der Waals surface area contributed by atoms with Crippen LogP contribution in [0.2, 0.25) is 10.0 Å². The number of benzene rings is 2. The molecule has 3 rings (SSSR count). The SMILES string of the molecule is COCCOC(=O)C1=C(C)NC(=O)NC1c1ccc(OCc2ccc(Cl)cc2Cl)c(OC)c1. The van der Waals surface area contributed by atoms with Crippen LogP contribution in [-0.2, 0) is 20.9 Å². The van der Waals surface area contributed by atoms with Crippen molar-refractivity contribution in [2.24, 2.45) is 0 Å². The molecule has 176 valence electrons. The Morgan fingerprint density at radius 1 is 1.06 bits per heavy atom. The van der Waals surface area contributed by atoms with E-state index in [-0.39, 0.29) is 25.4 Å². The second-order valence-electron chi connectivity index (χ2n) is 7.13. The number of allylic oxidation sites excluding steroid dienone is 1. The van der Waals surface area contributed by atoms with Crippen LogP contribution in [0.3, 0.4) is 0 Å². The molecule has 1 heterocycles. The van der Waals surface area contributed by atoms with E-state index in [2.05, 4.69) is 10.6 Å². The molecule has 0 saturated carbocycles. The fraction of sp³-hybridized carbons (Fsp3) is 0.304. The molecular weight excluding hydrogens is 471 g/mol. The average molecular weight is 495 g/mol. The van der Waals surface area contributed by atoms with Crippen LogP contribution in [0.4, 0.5) is 4.79 Å². The van der Waals surface area contributed by atoms with Gasteiger partial charge in [-0.05, 0) is 36.8 Å². The van der Waals surface area contributed by atoms with Crippen LogP contribution in [-0.4, -0.2) is 39.4 Å². The molecule has 2 N–H and O–H groups in total. The zero-order valence-corrected chi connectivity index (χ0v) is 19.9. The minimum atomic E-state index is -0.734. The van der Waals surface area contributed by atoms with Crippen LogP contribution in [0.5, 0.6) is 11.5 Å². The Hall–Kier alpha value is -2.94. The summed E-state index contributed by atoms with van der Waals surface area (Å²) in [7, 11) is 3.02. The molecule has 0 bridgehead atoms. The largest absolute Gasteiger partial charge is 0.493 e. The number of urea groups is 1. The molecule has 33 heavy (non-hydrogen) atoms. The zero-order valence-electron chi connectivity index (χ0n) is 18.4. The van der Waals surface area contributed by atoms with E-state index >= 15 is 0 Å². The highest BCUT2D eigenvalue weighted by molar-refractivity contribution is 6.35. The van der Waals surface area contributed by atoms with Crippen molar-refractivity contribution < 1.29 is 28.5 Å². The third kappa shape index (κ3) is 6.10. The lowest BCUT2D eigenvalue weighted by molar-refractivity contribution is -0.140. The lowest BCUT2D eigenvalue weighted by Gasteiger charge is -2.28. The summed E-state index contributed by atoms with van der Waals surface area (Å²) in [6.07, 6.45) is 0. The van der Waals surface area contributed by atoms with Gasteiger partial charge in [0.2, 0.25) is 0 Å². The summed E-state index contributed by atoms with van der Waals surface area (Å²) in [6, 6.07) is 9.14. The number of carbonyl (C=O) groups is 2. The van der Waals surface area contributed by atoms with Crippen molar-refractivity contribution in [2.45, 2.75) is 19.6 Å². The number of nitrogens with one attached hydrogen (secondary N) is 2. The van der Waals surface area contributed by atoms with Gasteiger partial charge in [0.1, 0.15) is 13.2 Å². The maximum absolute atomic E-state index is 12.7. The van der Waals surface area contributed by atoms with Crippen molar-refractivity contribution in [1.29, 1.82) is 0 Å². The molecule has 1 atom stereocenters. The van der Waals surface area contributed by atoms with E-state index in [1.807, 2.05) is 0 Å². The predicted molar refractivity (Wildman–Crippen MR) is 124 cm³/mol. The van der Waals surface area contributed by atoms with Crippen molar-refractivity contribution in [1.82, 2.24) is 10.6 Å². The number of hydrogen-bond acceptors (Lipinski definition) is 6. The molecule has 1 aliphatic heterocycles. The molecule has 0 saturated heterocycles. The van der Waals surface area contributed by atoms with Crippen LogP contribution in [0.1, 0.15) is 24.1 Å². The van der Waals surface area contributed by atoms with E-state index < -0.39 is 18.0 Å². The Morgan fingerprint density at radius 3 is 2.55 bits per heavy atom. The molecule has 1 aliphatic rings. The molecule has 2 aromatic carbocycles. The summed E-state index contributed by atoms with van der Waals surface area (Å²) < 4.78 is 21.6. The summed E-state index contributed by atoms with van der Waals surface area (Å²) in [5.41, 5.74) is 2.08. The third-order valence-electron chi connectivity index (χ3n) is 4.93. The number of hydrogen-bond donors (Lipinski definition) is 2. The smallest absolute Gasteiger partial charge is 0.338 e. The van der Waals surface area contributed by atoms with Gasteiger partial charge in [0.25, 0.3) is 0 Å². The number of methoxy groups -OCH3 is 2. The van der Waals surface area contributed by atoms with Crippen LogP contribution in [0, 0.1) is 0 Å². The van der Waals surface area contributed by atoms with Gasteiger partial charge < -0.3 is 29.6 Å². The van der Waals surface area contributed by atoms with Gasteiger partial charge in [-0.25, -0.2) is 9.59 Å². The number of carbonyl (C=O) groups excluding carboxylic acids is 2. The summed E-state index contributed by atoms with van der Waals surface area (Å²) in [5, 5.41) is 6.40. The van der Waals surface area contributed by atoms with Crippen LogP contribution in [0.25, 0.3) is 0 Å². The fourth-order valence-corrected chi connectivity index (χ4v) is 3.75. The quantitative estimate of drug-likeness (QED) is 0.396. The summed E-state index contributed by atoms with van der Waals surface area (Å²) >= 11 is 12.2. The molecule has 0 spiro atoms. The molecule has 2 amide bonds. The minimum Gasteiger partial charge on any atom is -0.493 e. The van der Waals surface area contributed by atoms with E-state index in [0.717, 1.165) is 5.56 Å². The Balaban J connectivity index is 1.84. The van der Waals surface area contributed by atoms with Gasteiger partial charge in [0, 0.05) is 28.4 Å². The molecule has 0 aliphatic carbocycles. The van der Waals surface area contributed by atoms with Crippen molar-refractivity contribution in [3.63, 3.8) is 0 Å². The summed E-state index contributed by atoms with van der Waals surface area (Å²) in [5.74, 6) is 0.339. The number of esters is 1. The summed E-state index contributed by atoms with van der Waals surface area (Å²) in [6.45, 7) is 2.20. The van der Waals surface area contributed by atoms with E-state index in [1.54, 1.807) is 43.3 Å². The maximum Gasteiger partial charge on any atom is 0.338 e. The first kappa shape index (κ1) is 24.7. The van der Waals surface area contributed by atoms with Crippen molar-refractivity contribution in [3.8, 4) is 11.5 Å². The monoisotopic (exact) mass is 494 g/mol. The number of rotatable bonds is 9. The average Bonchev–Trinajstić information content (AvgIpc) is 2.78.